The van der Waals surface area contributed by atoms with E-state index in [4.69, 9.17) is 47.1 Å². The molecule has 3 aliphatic rings. The zero-order valence-corrected chi connectivity index (χ0v) is 48.9. The molecular formula is C59H86O14Si2. The van der Waals surface area contributed by atoms with Gasteiger partial charge in [0.15, 0.2) is 38.9 Å². The van der Waals surface area contributed by atoms with E-state index in [0.29, 0.717) is 32.1 Å². The quantitative estimate of drug-likeness (QED) is 0.0219. The van der Waals surface area contributed by atoms with Gasteiger partial charge in [0.25, 0.3) is 0 Å². The van der Waals surface area contributed by atoms with Crippen molar-refractivity contribution in [1.29, 1.82) is 0 Å². The molecule has 3 aliphatic heterocycles. The van der Waals surface area contributed by atoms with E-state index in [9.17, 15) is 14.4 Å². The molecule has 0 saturated carbocycles. The van der Waals surface area contributed by atoms with E-state index in [0.717, 1.165) is 22.4 Å². The number of ether oxygens (including phenoxy) is 9. The van der Waals surface area contributed by atoms with Crippen LogP contribution in [0.25, 0.3) is 5.20 Å². The summed E-state index contributed by atoms with van der Waals surface area (Å²) in [4.78, 5) is 55.8. The van der Waals surface area contributed by atoms with Crippen LogP contribution in [0.3, 0.4) is 0 Å². The molecule has 0 spiro atoms. The van der Waals surface area contributed by atoms with Crippen molar-refractivity contribution in [3.05, 3.63) is 109 Å². The van der Waals surface area contributed by atoms with Gasteiger partial charge in [0.1, 0.15) is 51.0 Å². The van der Waals surface area contributed by atoms with Crippen molar-refractivity contribution < 1.29 is 66.2 Å². The van der Waals surface area contributed by atoms with Crippen LogP contribution in [0, 0.1) is 0 Å². The summed E-state index contributed by atoms with van der Waals surface area (Å²) < 4.78 is 67.2. The number of fused-ring (bicyclic) bond motifs is 1. The SMILES string of the molecule is C=CCCCC(=O)CCC(=O)OC[C@H]1O[C@@H](O[C@H]2[C@H](O[C@H](CC=C)CCC)O[C@H](C)[C@@H]3OC(C)(C)O[C@@H]32)[C@H](O[Si](C)(C)C(C)(C)C)[C@@H](OC(=O)/C(C)=C/C)[C@@H]1OC(=O)/C=C(/c1ccccc1)[Si](C)(C)c1ccccc1. The smallest absolute Gasteiger partial charge is 0.333 e. The summed E-state index contributed by atoms with van der Waals surface area (Å²) in [6.07, 6.45) is -0.913. The lowest BCUT2D eigenvalue weighted by Crippen LogP contribution is -2.67. The van der Waals surface area contributed by atoms with Gasteiger partial charge in [0.05, 0.1) is 18.6 Å². The summed E-state index contributed by atoms with van der Waals surface area (Å²) in [6, 6.07) is 19.7. The van der Waals surface area contributed by atoms with Crippen molar-refractivity contribution in [2.75, 3.05) is 6.61 Å². The normalized spacial score (nSPS) is 26.6. The molecule has 0 N–H and O–H groups in total. The summed E-state index contributed by atoms with van der Waals surface area (Å²) >= 11 is 0. The van der Waals surface area contributed by atoms with Crippen LogP contribution >= 0.6 is 0 Å². The Kier molecular flexibility index (Phi) is 22.4. The van der Waals surface area contributed by atoms with Crippen molar-refractivity contribution >= 4 is 50.5 Å². The maximum atomic E-state index is 15.0. The van der Waals surface area contributed by atoms with E-state index in [2.05, 4.69) is 66.1 Å². The van der Waals surface area contributed by atoms with Crippen LogP contribution in [-0.2, 0) is 66.2 Å². The van der Waals surface area contributed by atoms with Crippen LogP contribution in [0.4, 0.5) is 0 Å². The van der Waals surface area contributed by atoms with E-state index in [1.54, 1.807) is 32.1 Å². The van der Waals surface area contributed by atoms with Gasteiger partial charge in [-0.05, 0) is 89.2 Å². The second kappa shape index (κ2) is 27.3. The number of rotatable bonds is 26. The van der Waals surface area contributed by atoms with Crippen LogP contribution in [0.1, 0.15) is 119 Å². The predicted molar refractivity (Wildman–Crippen MR) is 295 cm³/mol. The number of carbonyl (C=O) groups excluding carboxylic acids is 4. The van der Waals surface area contributed by atoms with Gasteiger partial charge >= 0.3 is 17.9 Å². The van der Waals surface area contributed by atoms with Crippen LogP contribution in [0.15, 0.2) is 104 Å². The maximum Gasteiger partial charge on any atom is 0.333 e. The molecule has 3 fully saturated rings. The first-order valence-electron chi connectivity index (χ1n) is 26.8. The van der Waals surface area contributed by atoms with Gasteiger partial charge in [-0.3, -0.25) is 9.59 Å². The minimum Gasteiger partial charge on any atom is -0.463 e. The monoisotopic (exact) mass is 1070 g/mol. The van der Waals surface area contributed by atoms with E-state index in [-0.39, 0.29) is 30.3 Å². The minimum absolute atomic E-state index is 0.0293. The molecule has 14 nitrogen and oxygen atoms in total. The molecule has 0 aromatic heterocycles. The zero-order valence-electron chi connectivity index (χ0n) is 46.9. The summed E-state index contributed by atoms with van der Waals surface area (Å²) in [5.41, 5.74) is 1.12. The fourth-order valence-electron chi connectivity index (χ4n) is 9.27. The fourth-order valence-corrected chi connectivity index (χ4v) is 13.3. The molecule has 3 saturated heterocycles. The highest BCUT2D eigenvalue weighted by Gasteiger charge is 2.60. The van der Waals surface area contributed by atoms with E-state index in [1.807, 2.05) is 82.4 Å². The fraction of sp³-hybridized carbons (Fsp3) is 0.593. The van der Waals surface area contributed by atoms with Crippen molar-refractivity contribution in [3.8, 4) is 0 Å². The average molecular weight is 1080 g/mol. The Morgan fingerprint density at radius 3 is 2.08 bits per heavy atom. The molecule has 0 bridgehead atoms. The topological polar surface area (TPSA) is 161 Å². The lowest BCUT2D eigenvalue weighted by Gasteiger charge is -2.50. The summed E-state index contributed by atoms with van der Waals surface area (Å²) in [5.74, 6) is -3.24. The van der Waals surface area contributed by atoms with E-state index in [1.165, 1.54) is 6.08 Å². The Morgan fingerprint density at radius 1 is 0.813 bits per heavy atom. The predicted octanol–water partition coefficient (Wildman–Crippen LogP) is 10.8. The van der Waals surface area contributed by atoms with Gasteiger partial charge in [-0.2, -0.15) is 0 Å². The number of carbonyl (C=O) groups is 4. The molecule has 0 unspecified atom stereocenters. The number of Topliss-reactive ketones (excluding diaryl/α,β-unsaturated/α-hetero) is 1. The number of allylic oxidation sites excluding steroid dienone is 2. The largest absolute Gasteiger partial charge is 0.463 e. The molecule has 3 heterocycles. The van der Waals surface area contributed by atoms with Crippen molar-refractivity contribution in [1.82, 2.24) is 0 Å². The van der Waals surface area contributed by atoms with Crippen LogP contribution in [-0.4, -0.2) is 120 Å². The second-order valence-electron chi connectivity index (χ2n) is 22.4. The standard InChI is InChI=1S/C59H86O14Si2/c1-16-20-23-32-42(60)35-36-47(61)64-38-45-50(68-48(62)37-46(41-30-24-21-25-31-41)74(12,13)44-33-26-22-27-34-44)51(69-55(63)39(5)19-4)54(73-75(14,15)58(7,8)9)57(67-45)70-53-52-49(71-59(10,11)72-52)40(6)65-56(53)66-43(28-17-2)29-18-3/h16-17,19,21-22,24-27,30-31,33-34,37,40,43,45,49-54,56-57H,1-2,18,20,23,28-29,32,35-36,38H2,3-15H3/b39-19+,46-37-/t40-,43-,45-,49+,50-,51+,52+,53-,54-,56+,57+/m1/s1. The van der Waals surface area contributed by atoms with Gasteiger partial charge < -0.3 is 47.1 Å². The third kappa shape index (κ3) is 16.6. The van der Waals surface area contributed by atoms with Crippen LogP contribution < -0.4 is 5.19 Å². The van der Waals surface area contributed by atoms with Crippen molar-refractivity contribution in [3.63, 3.8) is 0 Å². The Labute approximate surface area is 449 Å². The number of hydrogen-bond donors (Lipinski definition) is 0. The molecule has 0 amide bonds. The molecule has 0 radical (unpaired) electrons. The van der Waals surface area contributed by atoms with Gasteiger partial charge in [0, 0.05) is 24.5 Å². The lowest BCUT2D eigenvalue weighted by molar-refractivity contribution is -0.360. The molecule has 0 aliphatic carbocycles. The average Bonchev–Trinajstić information content (AvgIpc) is 3.70. The molecule has 16 heteroatoms. The minimum atomic E-state index is -2.91. The Balaban J connectivity index is 1.69. The maximum absolute atomic E-state index is 15.0. The highest BCUT2D eigenvalue weighted by atomic mass is 28.4. The van der Waals surface area contributed by atoms with Gasteiger partial charge in [-0.15, -0.1) is 13.2 Å². The molecule has 414 valence electrons. The molecular weight excluding hydrogens is 989 g/mol. The number of hydrogen-bond acceptors (Lipinski definition) is 14. The molecule has 11 atom stereocenters. The number of benzene rings is 2. The van der Waals surface area contributed by atoms with Crippen molar-refractivity contribution in [2.24, 2.45) is 0 Å². The van der Waals surface area contributed by atoms with Crippen LogP contribution in [0.2, 0.25) is 31.2 Å². The van der Waals surface area contributed by atoms with Gasteiger partial charge in [-0.1, -0.05) is 131 Å². The second-order valence-corrected chi connectivity index (χ2v) is 31.5. The Hall–Kier alpha value is -4.37. The molecule has 2 aromatic carbocycles. The van der Waals surface area contributed by atoms with Gasteiger partial charge in [-0.25, -0.2) is 9.59 Å². The molecule has 2 aromatic rings. The highest BCUT2D eigenvalue weighted by Crippen LogP contribution is 2.44. The number of ketones is 1. The Bertz CT molecular complexity index is 2290. The third-order valence-corrected chi connectivity index (χ3v) is 22.7. The van der Waals surface area contributed by atoms with Gasteiger partial charge in [0.2, 0.25) is 0 Å². The molecule has 75 heavy (non-hydrogen) atoms. The molecule has 5 rings (SSSR count). The Morgan fingerprint density at radius 2 is 1.47 bits per heavy atom. The summed E-state index contributed by atoms with van der Waals surface area (Å²) in [7, 11) is -5.54. The lowest BCUT2D eigenvalue weighted by atomic mass is 9.96. The van der Waals surface area contributed by atoms with Crippen molar-refractivity contribution in [2.45, 2.75) is 218 Å². The first-order valence-corrected chi connectivity index (χ1v) is 32.7. The third-order valence-electron chi connectivity index (χ3n) is 14.7. The summed E-state index contributed by atoms with van der Waals surface area (Å²) in [6.45, 7) is 32.8. The first kappa shape index (κ1) is 61.5. The van der Waals surface area contributed by atoms with E-state index < -0.39 is 113 Å². The first-order chi connectivity index (χ1) is 35.4. The number of unbranched alkanes of at least 4 members (excludes halogenated alkanes) is 1. The van der Waals surface area contributed by atoms with Crippen LogP contribution in [0.5, 0.6) is 0 Å². The highest BCUT2D eigenvalue weighted by molar-refractivity contribution is 7.04. The van der Waals surface area contributed by atoms with E-state index >= 15 is 4.79 Å². The zero-order chi connectivity index (χ0) is 55.3. The summed E-state index contributed by atoms with van der Waals surface area (Å²) in [5, 5.41) is 1.47. The number of esters is 3.